The minimum Gasteiger partial charge on any atom is -0.503 e. The van der Waals surface area contributed by atoms with Crippen molar-refractivity contribution in [3.63, 3.8) is 0 Å². The van der Waals surface area contributed by atoms with Crippen LogP contribution in [0.15, 0.2) is 30.0 Å². The van der Waals surface area contributed by atoms with Gasteiger partial charge in [0.25, 0.3) is 5.91 Å². The second-order valence-corrected chi connectivity index (χ2v) is 3.31. The van der Waals surface area contributed by atoms with Gasteiger partial charge in [-0.1, -0.05) is 12.1 Å². The third-order valence-electron chi connectivity index (χ3n) is 1.94. The molecule has 5 heteroatoms. The van der Waals surface area contributed by atoms with E-state index in [1.54, 1.807) is 31.4 Å². The molecule has 0 aliphatic rings. The van der Waals surface area contributed by atoms with Gasteiger partial charge in [0.2, 0.25) is 5.91 Å². The molecule has 0 aliphatic heterocycles. The van der Waals surface area contributed by atoms with Crippen molar-refractivity contribution in [2.24, 2.45) is 0 Å². The van der Waals surface area contributed by atoms with Crippen LogP contribution in [0.5, 0.6) is 5.75 Å². The lowest BCUT2D eigenvalue weighted by Gasteiger charge is -2.01. The molecule has 0 saturated heterocycles. The summed E-state index contributed by atoms with van der Waals surface area (Å²) in [4.78, 5) is 21.8. The number of hydrogen-bond acceptors (Lipinski definition) is 4. The Morgan fingerprint density at radius 3 is 2.35 bits per heavy atom. The van der Waals surface area contributed by atoms with Crippen molar-refractivity contribution >= 4 is 17.9 Å². The second kappa shape index (κ2) is 5.69. The maximum absolute atomic E-state index is 11.2. The van der Waals surface area contributed by atoms with Crippen molar-refractivity contribution in [1.29, 1.82) is 0 Å². The number of hydrogen-bond donors (Lipinski definition) is 2. The Morgan fingerprint density at radius 2 is 1.88 bits per heavy atom. The fraction of sp³-hybridized carbons (Fsp3) is 0.167. The third-order valence-corrected chi connectivity index (χ3v) is 1.94. The second-order valence-electron chi connectivity index (χ2n) is 3.31. The van der Waals surface area contributed by atoms with E-state index < -0.39 is 17.6 Å². The van der Waals surface area contributed by atoms with Gasteiger partial charge < -0.3 is 9.84 Å². The third kappa shape index (κ3) is 3.98. The van der Waals surface area contributed by atoms with Gasteiger partial charge in [0, 0.05) is 6.92 Å². The molecule has 5 nitrogen and oxygen atoms in total. The Labute approximate surface area is 98.7 Å². The van der Waals surface area contributed by atoms with E-state index in [1.165, 1.54) is 13.0 Å². The molecule has 1 rings (SSSR count). The van der Waals surface area contributed by atoms with Crippen LogP contribution in [0.1, 0.15) is 12.5 Å². The lowest BCUT2D eigenvalue weighted by molar-refractivity contribution is -0.128. The predicted molar refractivity (Wildman–Crippen MR) is 62.4 cm³/mol. The molecular formula is C12H13NO4. The summed E-state index contributed by atoms with van der Waals surface area (Å²) < 4.78 is 4.97. The maximum Gasteiger partial charge on any atom is 0.292 e. The zero-order chi connectivity index (χ0) is 12.8. The largest absolute Gasteiger partial charge is 0.503 e. The first-order valence-corrected chi connectivity index (χ1v) is 4.89. The summed E-state index contributed by atoms with van der Waals surface area (Å²) in [5, 5.41) is 11.4. The molecule has 0 heterocycles. The zero-order valence-electron chi connectivity index (χ0n) is 9.56. The number of aliphatic hydroxyl groups excluding tert-OH is 1. The molecule has 1 aromatic carbocycles. The van der Waals surface area contributed by atoms with Crippen LogP contribution in [-0.4, -0.2) is 24.0 Å². The first kappa shape index (κ1) is 12.8. The highest BCUT2D eigenvalue weighted by atomic mass is 16.5. The summed E-state index contributed by atoms with van der Waals surface area (Å²) in [6.45, 7) is 1.19. The minimum absolute atomic E-state index is 0.523. The van der Waals surface area contributed by atoms with E-state index in [1.807, 2.05) is 5.32 Å². The zero-order valence-corrected chi connectivity index (χ0v) is 9.56. The molecule has 90 valence electrons. The topological polar surface area (TPSA) is 75.6 Å². The predicted octanol–water partition coefficient (Wildman–Crippen LogP) is 1.26. The van der Waals surface area contributed by atoms with Gasteiger partial charge >= 0.3 is 0 Å². The standard InChI is InChI=1S/C12H13NO4/c1-8(14)13-12(16)11(15)7-9-3-5-10(17-2)6-4-9/h3-7,15H,1-2H3,(H,13,14,16)/b11-7+. The summed E-state index contributed by atoms with van der Waals surface area (Å²) in [5.41, 5.74) is 0.627. The number of ether oxygens (including phenoxy) is 1. The Hall–Kier alpha value is -2.30. The highest BCUT2D eigenvalue weighted by molar-refractivity contribution is 6.04. The summed E-state index contributed by atoms with van der Waals surface area (Å²) in [6.07, 6.45) is 1.26. The van der Waals surface area contributed by atoms with Gasteiger partial charge in [0.05, 0.1) is 7.11 Å². The Balaban J connectivity index is 2.79. The van der Waals surface area contributed by atoms with E-state index in [9.17, 15) is 14.7 Å². The number of nitrogens with one attached hydrogen (secondary N) is 1. The molecule has 0 unspecified atom stereocenters. The average Bonchev–Trinajstić information content (AvgIpc) is 2.29. The van der Waals surface area contributed by atoms with Gasteiger partial charge in [-0.15, -0.1) is 0 Å². The normalized spacial score (nSPS) is 10.8. The van der Waals surface area contributed by atoms with E-state index in [0.717, 1.165) is 0 Å². The first-order valence-electron chi connectivity index (χ1n) is 4.89. The molecule has 17 heavy (non-hydrogen) atoms. The monoisotopic (exact) mass is 235 g/mol. The molecule has 1 aromatic rings. The van der Waals surface area contributed by atoms with Crippen LogP contribution >= 0.6 is 0 Å². The Kier molecular flexibility index (Phi) is 4.28. The van der Waals surface area contributed by atoms with Crippen LogP contribution in [-0.2, 0) is 9.59 Å². The highest BCUT2D eigenvalue weighted by Gasteiger charge is 2.08. The van der Waals surface area contributed by atoms with Crippen molar-refractivity contribution in [3.8, 4) is 5.75 Å². The number of amides is 2. The molecule has 0 saturated carbocycles. The summed E-state index contributed by atoms with van der Waals surface area (Å²) >= 11 is 0. The number of rotatable bonds is 3. The van der Waals surface area contributed by atoms with E-state index in [-0.39, 0.29) is 0 Å². The van der Waals surface area contributed by atoms with E-state index in [4.69, 9.17) is 4.74 Å². The minimum atomic E-state index is -0.826. The van der Waals surface area contributed by atoms with Crippen LogP contribution < -0.4 is 10.1 Å². The van der Waals surface area contributed by atoms with Gasteiger partial charge in [-0.25, -0.2) is 0 Å². The summed E-state index contributed by atoms with van der Waals surface area (Å²) in [7, 11) is 1.54. The molecule has 0 bridgehead atoms. The van der Waals surface area contributed by atoms with Crippen molar-refractivity contribution < 1.29 is 19.4 Å². The number of aliphatic hydroxyl groups is 1. The van der Waals surface area contributed by atoms with Gasteiger partial charge in [0.1, 0.15) is 5.75 Å². The van der Waals surface area contributed by atoms with Crippen molar-refractivity contribution in [1.82, 2.24) is 5.32 Å². The van der Waals surface area contributed by atoms with Crippen molar-refractivity contribution in [2.45, 2.75) is 6.92 Å². The molecule has 0 aliphatic carbocycles. The van der Waals surface area contributed by atoms with Crippen LogP contribution in [0.2, 0.25) is 0 Å². The maximum atomic E-state index is 11.2. The van der Waals surface area contributed by atoms with Crippen molar-refractivity contribution in [3.05, 3.63) is 35.6 Å². The Morgan fingerprint density at radius 1 is 1.29 bits per heavy atom. The molecule has 0 aromatic heterocycles. The Bertz CT molecular complexity index is 448. The lowest BCUT2D eigenvalue weighted by Crippen LogP contribution is -2.29. The number of methoxy groups -OCH3 is 1. The van der Waals surface area contributed by atoms with E-state index >= 15 is 0 Å². The van der Waals surface area contributed by atoms with Gasteiger partial charge in [0.15, 0.2) is 5.76 Å². The molecule has 2 amide bonds. The quantitative estimate of drug-likeness (QED) is 0.610. The number of imide groups is 1. The lowest BCUT2D eigenvalue weighted by atomic mass is 10.2. The fourth-order valence-corrected chi connectivity index (χ4v) is 1.15. The van der Waals surface area contributed by atoms with Crippen LogP contribution in [0.3, 0.4) is 0 Å². The summed E-state index contributed by atoms with van der Waals surface area (Å²) in [5.74, 6) is -1.20. The van der Waals surface area contributed by atoms with Gasteiger partial charge in [-0.3, -0.25) is 14.9 Å². The molecule has 0 atom stereocenters. The summed E-state index contributed by atoms with van der Waals surface area (Å²) in [6, 6.07) is 6.75. The molecule has 0 fully saturated rings. The van der Waals surface area contributed by atoms with E-state index in [0.29, 0.717) is 11.3 Å². The molecular weight excluding hydrogens is 222 g/mol. The van der Waals surface area contributed by atoms with Gasteiger partial charge in [-0.2, -0.15) is 0 Å². The number of carbonyl (C=O) groups excluding carboxylic acids is 2. The van der Waals surface area contributed by atoms with Crippen LogP contribution in [0, 0.1) is 0 Å². The SMILES string of the molecule is COc1ccc(/C=C(/O)C(=O)NC(C)=O)cc1. The molecule has 0 spiro atoms. The van der Waals surface area contributed by atoms with Crippen LogP contribution in [0.4, 0.5) is 0 Å². The van der Waals surface area contributed by atoms with E-state index in [2.05, 4.69) is 0 Å². The molecule has 2 N–H and O–H groups in total. The number of benzene rings is 1. The first-order chi connectivity index (χ1) is 8.02. The molecule has 0 radical (unpaired) electrons. The average molecular weight is 235 g/mol. The van der Waals surface area contributed by atoms with Gasteiger partial charge in [-0.05, 0) is 23.8 Å². The van der Waals surface area contributed by atoms with Crippen molar-refractivity contribution in [2.75, 3.05) is 7.11 Å². The van der Waals surface area contributed by atoms with Crippen LogP contribution in [0.25, 0.3) is 6.08 Å². The smallest absolute Gasteiger partial charge is 0.292 e. The number of carbonyl (C=O) groups is 2. The fourth-order valence-electron chi connectivity index (χ4n) is 1.15. The highest BCUT2D eigenvalue weighted by Crippen LogP contribution is 2.13.